The SMILES string of the molecule is CC1(S(=O)(=O)[O-])CC(=O)C2=C(OC=CO2)C1=O.[Na+]. The zero-order valence-electron chi connectivity index (χ0n) is 9.63. The molecule has 0 saturated heterocycles. The summed E-state index contributed by atoms with van der Waals surface area (Å²) in [6.45, 7) is 0.904. The monoisotopic (exact) mass is 282 g/mol. The molecule has 2 rings (SSSR count). The van der Waals surface area contributed by atoms with Crippen LogP contribution in [0, 0.1) is 0 Å². The predicted molar refractivity (Wildman–Crippen MR) is 51.1 cm³/mol. The van der Waals surface area contributed by atoms with Crippen LogP contribution >= 0.6 is 0 Å². The summed E-state index contributed by atoms with van der Waals surface area (Å²) in [5.74, 6) is -2.72. The van der Waals surface area contributed by atoms with Crippen molar-refractivity contribution in [1.29, 1.82) is 0 Å². The first kappa shape index (κ1) is 15.4. The van der Waals surface area contributed by atoms with Crippen LogP contribution in [0.1, 0.15) is 13.3 Å². The number of ether oxygens (including phenoxy) is 2. The van der Waals surface area contributed by atoms with Gasteiger partial charge in [-0.2, -0.15) is 0 Å². The minimum atomic E-state index is -4.97. The van der Waals surface area contributed by atoms with Crippen LogP contribution in [0.15, 0.2) is 24.0 Å². The number of hydrogen-bond acceptors (Lipinski definition) is 7. The minimum Gasteiger partial charge on any atom is -0.747 e. The van der Waals surface area contributed by atoms with Gasteiger partial charge in [0.15, 0.2) is 0 Å². The molecule has 0 amide bonds. The molecule has 0 aromatic heterocycles. The molecule has 1 atom stereocenters. The van der Waals surface area contributed by atoms with Crippen molar-refractivity contribution in [2.75, 3.05) is 0 Å². The Morgan fingerprint density at radius 2 is 1.72 bits per heavy atom. The number of rotatable bonds is 1. The van der Waals surface area contributed by atoms with Gasteiger partial charge in [-0.05, 0) is 6.92 Å². The molecule has 0 N–H and O–H groups in total. The fraction of sp³-hybridized carbons (Fsp3) is 0.333. The summed E-state index contributed by atoms with van der Waals surface area (Å²) in [5, 5.41) is 0. The van der Waals surface area contributed by atoms with Crippen molar-refractivity contribution in [3.05, 3.63) is 24.0 Å². The van der Waals surface area contributed by atoms with Crippen LogP contribution in [0.3, 0.4) is 0 Å². The summed E-state index contributed by atoms with van der Waals surface area (Å²) >= 11 is 0. The van der Waals surface area contributed by atoms with Gasteiger partial charge >= 0.3 is 29.6 Å². The Morgan fingerprint density at radius 3 is 2.22 bits per heavy atom. The van der Waals surface area contributed by atoms with E-state index in [2.05, 4.69) is 0 Å². The Hall–Kier alpha value is -0.670. The standard InChI is InChI=1S/C9H8O7S.Na/c1-9(17(12,13)14)4-5(10)6-7(8(9)11)16-3-2-15-6;/h2-3H,4H2,1H3,(H,12,13,14);/q;+1/p-1. The second-order valence-electron chi connectivity index (χ2n) is 3.78. The molecule has 1 aliphatic carbocycles. The van der Waals surface area contributed by atoms with Gasteiger partial charge in [0.05, 0.1) is 0 Å². The van der Waals surface area contributed by atoms with Crippen molar-refractivity contribution in [2.24, 2.45) is 0 Å². The van der Waals surface area contributed by atoms with Gasteiger partial charge < -0.3 is 14.0 Å². The maximum absolute atomic E-state index is 11.8. The first-order valence-corrected chi connectivity index (χ1v) is 5.94. The van der Waals surface area contributed by atoms with Crippen LogP contribution in [0.5, 0.6) is 0 Å². The van der Waals surface area contributed by atoms with Gasteiger partial charge in [-0.15, -0.1) is 0 Å². The van der Waals surface area contributed by atoms with Gasteiger partial charge in [0.1, 0.15) is 27.4 Å². The molecule has 0 aromatic carbocycles. The van der Waals surface area contributed by atoms with E-state index in [1.165, 1.54) is 0 Å². The summed E-state index contributed by atoms with van der Waals surface area (Å²) in [5.41, 5.74) is 0. The van der Waals surface area contributed by atoms with E-state index in [0.29, 0.717) is 0 Å². The molecular formula is C9H7NaO7S. The van der Waals surface area contributed by atoms with E-state index in [4.69, 9.17) is 9.47 Å². The normalized spacial score (nSPS) is 27.0. The largest absolute Gasteiger partial charge is 1.00 e. The summed E-state index contributed by atoms with van der Waals surface area (Å²) in [4.78, 5) is 23.4. The Morgan fingerprint density at radius 1 is 1.22 bits per heavy atom. The Kier molecular flexibility index (Phi) is 4.09. The van der Waals surface area contributed by atoms with Crippen molar-refractivity contribution in [2.45, 2.75) is 18.1 Å². The maximum atomic E-state index is 11.8. The number of allylic oxidation sites excluding steroid dienone is 2. The zero-order valence-corrected chi connectivity index (χ0v) is 12.4. The minimum absolute atomic E-state index is 0. The molecule has 0 aromatic rings. The molecule has 0 spiro atoms. The van der Waals surface area contributed by atoms with Gasteiger partial charge in [-0.1, -0.05) is 0 Å². The number of carbonyl (C=O) groups is 2. The van der Waals surface area contributed by atoms with Gasteiger partial charge in [0, 0.05) is 6.42 Å². The molecular weight excluding hydrogens is 275 g/mol. The van der Waals surface area contributed by atoms with Gasteiger partial charge in [-0.3, -0.25) is 9.59 Å². The predicted octanol–water partition coefficient (Wildman–Crippen LogP) is -3.43. The van der Waals surface area contributed by atoms with E-state index in [-0.39, 0.29) is 35.3 Å². The topological polar surface area (TPSA) is 110 Å². The average molecular weight is 282 g/mol. The van der Waals surface area contributed by atoms with Crippen LogP contribution in [0.2, 0.25) is 0 Å². The Bertz CT molecular complexity index is 574. The fourth-order valence-electron chi connectivity index (χ4n) is 1.56. The summed E-state index contributed by atoms with van der Waals surface area (Å²) in [6.07, 6.45) is 1.28. The van der Waals surface area contributed by atoms with Crippen molar-refractivity contribution >= 4 is 21.7 Å². The molecule has 9 heteroatoms. The third-order valence-electron chi connectivity index (χ3n) is 2.62. The van der Waals surface area contributed by atoms with E-state index < -0.39 is 38.6 Å². The molecule has 7 nitrogen and oxygen atoms in total. The fourth-order valence-corrected chi connectivity index (χ4v) is 2.18. The number of Topliss-reactive ketones (excluding diaryl/α,β-unsaturated/α-hetero) is 2. The maximum Gasteiger partial charge on any atom is 1.00 e. The molecule has 1 heterocycles. The number of hydrogen-bond donors (Lipinski definition) is 0. The summed E-state index contributed by atoms with van der Waals surface area (Å²) in [7, 11) is -4.97. The summed E-state index contributed by atoms with van der Waals surface area (Å²) in [6, 6.07) is 0. The second-order valence-corrected chi connectivity index (χ2v) is 5.59. The van der Waals surface area contributed by atoms with E-state index in [9.17, 15) is 22.6 Å². The number of carbonyl (C=O) groups excluding carboxylic acids is 2. The molecule has 1 unspecified atom stereocenters. The molecule has 18 heavy (non-hydrogen) atoms. The van der Waals surface area contributed by atoms with E-state index >= 15 is 0 Å². The molecule has 0 saturated carbocycles. The van der Waals surface area contributed by atoms with Crippen LogP contribution in [-0.2, 0) is 29.2 Å². The van der Waals surface area contributed by atoms with Crippen LogP contribution < -0.4 is 29.6 Å². The molecule has 0 bridgehead atoms. The van der Waals surface area contributed by atoms with Crippen molar-refractivity contribution in [1.82, 2.24) is 0 Å². The Labute approximate surface area is 125 Å². The third-order valence-corrected chi connectivity index (χ3v) is 4.06. The molecule has 0 radical (unpaired) electrons. The van der Waals surface area contributed by atoms with Crippen LogP contribution in [0.25, 0.3) is 0 Å². The second kappa shape index (κ2) is 4.78. The molecule has 2 aliphatic rings. The van der Waals surface area contributed by atoms with Crippen molar-refractivity contribution in [3.63, 3.8) is 0 Å². The van der Waals surface area contributed by atoms with Crippen LogP contribution in [0.4, 0.5) is 0 Å². The first-order chi connectivity index (χ1) is 7.77. The van der Waals surface area contributed by atoms with Gasteiger partial charge in [0.25, 0.3) is 0 Å². The third kappa shape index (κ3) is 2.14. The van der Waals surface area contributed by atoms with Crippen molar-refractivity contribution in [3.8, 4) is 0 Å². The van der Waals surface area contributed by atoms with E-state index in [1.807, 2.05) is 0 Å². The zero-order chi connectivity index (χ0) is 12.8. The van der Waals surface area contributed by atoms with E-state index in [0.717, 1.165) is 19.4 Å². The quantitative estimate of drug-likeness (QED) is 0.363. The smallest absolute Gasteiger partial charge is 0.747 e. The van der Waals surface area contributed by atoms with Gasteiger partial charge in [0.2, 0.25) is 23.1 Å². The average Bonchev–Trinajstić information content (AvgIpc) is 2.25. The van der Waals surface area contributed by atoms with E-state index in [1.54, 1.807) is 0 Å². The molecule has 0 fully saturated rings. The van der Waals surface area contributed by atoms with Crippen LogP contribution in [-0.4, -0.2) is 29.3 Å². The first-order valence-electron chi connectivity index (χ1n) is 4.53. The summed E-state index contributed by atoms with van der Waals surface area (Å²) < 4.78 is 40.4. The van der Waals surface area contributed by atoms with Crippen molar-refractivity contribution < 1.29 is 61.6 Å². The molecule has 1 aliphatic heterocycles. The number of ketones is 2. The van der Waals surface area contributed by atoms with Gasteiger partial charge in [-0.25, -0.2) is 8.42 Å². The molecule has 92 valence electrons. The Balaban J connectivity index is 0.00000162.